The van der Waals surface area contributed by atoms with E-state index in [1.165, 1.54) is 0 Å². The summed E-state index contributed by atoms with van der Waals surface area (Å²) in [6.45, 7) is 4.36. The molecule has 0 saturated carbocycles. The Hall–Kier alpha value is -1.53. The van der Waals surface area contributed by atoms with Crippen LogP contribution in [0.3, 0.4) is 0 Å². The SMILES string of the molecule is CCCOCCNc1cccc(C#N)c1. The second kappa shape index (κ2) is 6.86. The third kappa shape index (κ3) is 4.48. The van der Waals surface area contributed by atoms with Gasteiger partial charge in [0.25, 0.3) is 0 Å². The van der Waals surface area contributed by atoms with E-state index in [0.29, 0.717) is 12.2 Å². The van der Waals surface area contributed by atoms with Crippen LogP contribution in [0.2, 0.25) is 0 Å². The van der Waals surface area contributed by atoms with Crippen LogP contribution < -0.4 is 5.32 Å². The minimum Gasteiger partial charge on any atom is -0.383 e. The average Bonchev–Trinajstić information content (AvgIpc) is 2.29. The van der Waals surface area contributed by atoms with Gasteiger partial charge in [-0.05, 0) is 24.6 Å². The molecule has 0 atom stereocenters. The molecule has 1 rings (SSSR count). The molecule has 0 radical (unpaired) electrons. The van der Waals surface area contributed by atoms with Gasteiger partial charge in [0.15, 0.2) is 0 Å². The van der Waals surface area contributed by atoms with Crippen LogP contribution in [0.1, 0.15) is 18.9 Å². The Balaban J connectivity index is 2.28. The lowest BCUT2D eigenvalue weighted by Crippen LogP contribution is -2.09. The van der Waals surface area contributed by atoms with Crippen molar-refractivity contribution in [1.29, 1.82) is 5.26 Å². The van der Waals surface area contributed by atoms with Crippen LogP contribution >= 0.6 is 0 Å². The Morgan fingerprint density at radius 1 is 1.40 bits per heavy atom. The summed E-state index contributed by atoms with van der Waals surface area (Å²) in [7, 11) is 0. The molecule has 0 bridgehead atoms. The lowest BCUT2D eigenvalue weighted by atomic mass is 10.2. The fourth-order valence-corrected chi connectivity index (χ4v) is 1.21. The van der Waals surface area contributed by atoms with Crippen molar-refractivity contribution in [3.05, 3.63) is 29.8 Å². The van der Waals surface area contributed by atoms with Crippen molar-refractivity contribution in [1.82, 2.24) is 0 Å². The lowest BCUT2D eigenvalue weighted by Gasteiger charge is -2.06. The summed E-state index contributed by atoms with van der Waals surface area (Å²) in [6, 6.07) is 9.54. The van der Waals surface area contributed by atoms with Crippen LogP contribution in [0.4, 0.5) is 5.69 Å². The van der Waals surface area contributed by atoms with Gasteiger partial charge in [0.05, 0.1) is 18.2 Å². The van der Waals surface area contributed by atoms with E-state index in [0.717, 1.165) is 25.3 Å². The first-order valence-electron chi connectivity index (χ1n) is 5.18. The highest BCUT2D eigenvalue weighted by Gasteiger charge is 1.93. The second-order valence-corrected chi connectivity index (χ2v) is 3.23. The van der Waals surface area contributed by atoms with Crippen LogP contribution in [0.15, 0.2) is 24.3 Å². The van der Waals surface area contributed by atoms with E-state index in [1.807, 2.05) is 18.2 Å². The standard InChI is InChI=1S/C12H16N2O/c1-2-7-15-8-6-14-12-5-3-4-11(9-12)10-13/h3-5,9,14H,2,6-8H2,1H3. The first-order chi connectivity index (χ1) is 7.36. The van der Waals surface area contributed by atoms with Crippen LogP contribution in [0.25, 0.3) is 0 Å². The van der Waals surface area contributed by atoms with E-state index in [2.05, 4.69) is 18.3 Å². The lowest BCUT2D eigenvalue weighted by molar-refractivity contribution is 0.144. The number of anilines is 1. The zero-order chi connectivity index (χ0) is 10.9. The van der Waals surface area contributed by atoms with Crippen molar-refractivity contribution in [3.8, 4) is 6.07 Å². The molecule has 0 aliphatic carbocycles. The minimum atomic E-state index is 0.675. The maximum absolute atomic E-state index is 8.70. The smallest absolute Gasteiger partial charge is 0.0992 e. The van der Waals surface area contributed by atoms with Gasteiger partial charge in [0, 0.05) is 18.8 Å². The van der Waals surface area contributed by atoms with Crippen LogP contribution in [-0.2, 0) is 4.74 Å². The maximum Gasteiger partial charge on any atom is 0.0992 e. The Kier molecular flexibility index (Phi) is 5.28. The molecule has 80 valence electrons. The molecule has 0 amide bonds. The van der Waals surface area contributed by atoms with E-state index in [9.17, 15) is 0 Å². The normalized spacial score (nSPS) is 9.60. The van der Waals surface area contributed by atoms with Gasteiger partial charge in [-0.15, -0.1) is 0 Å². The molecule has 0 fully saturated rings. The van der Waals surface area contributed by atoms with Crippen LogP contribution in [0.5, 0.6) is 0 Å². The number of hydrogen-bond donors (Lipinski definition) is 1. The molecule has 0 aliphatic heterocycles. The molecule has 15 heavy (non-hydrogen) atoms. The van der Waals surface area contributed by atoms with Gasteiger partial charge >= 0.3 is 0 Å². The number of hydrogen-bond acceptors (Lipinski definition) is 3. The van der Waals surface area contributed by atoms with Gasteiger partial charge in [0.2, 0.25) is 0 Å². The molecule has 0 unspecified atom stereocenters. The molecule has 0 aliphatic rings. The summed E-state index contributed by atoms with van der Waals surface area (Å²) in [5.74, 6) is 0. The van der Waals surface area contributed by atoms with E-state index < -0.39 is 0 Å². The molecule has 1 N–H and O–H groups in total. The quantitative estimate of drug-likeness (QED) is 0.724. The van der Waals surface area contributed by atoms with Crippen LogP contribution in [0, 0.1) is 11.3 Å². The number of nitrogens with zero attached hydrogens (tertiary/aromatic N) is 1. The fourth-order valence-electron chi connectivity index (χ4n) is 1.21. The number of rotatable bonds is 6. The highest BCUT2D eigenvalue weighted by molar-refractivity contribution is 5.48. The van der Waals surface area contributed by atoms with E-state index >= 15 is 0 Å². The Bertz CT molecular complexity index is 331. The monoisotopic (exact) mass is 204 g/mol. The third-order valence-electron chi connectivity index (χ3n) is 1.92. The molecule has 1 aromatic rings. The molecule has 0 spiro atoms. The Labute approximate surface area is 90.7 Å². The topological polar surface area (TPSA) is 45.0 Å². The van der Waals surface area contributed by atoms with E-state index in [1.54, 1.807) is 6.07 Å². The molecule has 1 aromatic carbocycles. The van der Waals surface area contributed by atoms with Crippen LogP contribution in [-0.4, -0.2) is 19.8 Å². The first-order valence-corrected chi connectivity index (χ1v) is 5.18. The zero-order valence-electron chi connectivity index (χ0n) is 8.99. The zero-order valence-corrected chi connectivity index (χ0v) is 8.99. The van der Waals surface area contributed by atoms with Crippen molar-refractivity contribution >= 4 is 5.69 Å². The van der Waals surface area contributed by atoms with Crippen molar-refractivity contribution < 1.29 is 4.74 Å². The van der Waals surface area contributed by atoms with Gasteiger partial charge < -0.3 is 10.1 Å². The van der Waals surface area contributed by atoms with Gasteiger partial charge in [-0.1, -0.05) is 13.0 Å². The predicted octanol–water partition coefficient (Wildman–Crippen LogP) is 2.40. The summed E-state index contributed by atoms with van der Waals surface area (Å²) >= 11 is 0. The molecule has 3 nitrogen and oxygen atoms in total. The van der Waals surface area contributed by atoms with Crippen molar-refractivity contribution in [2.24, 2.45) is 0 Å². The fraction of sp³-hybridized carbons (Fsp3) is 0.417. The molecular formula is C12H16N2O. The van der Waals surface area contributed by atoms with E-state index in [4.69, 9.17) is 10.00 Å². The first kappa shape index (κ1) is 11.5. The number of nitrogens with one attached hydrogen (secondary N) is 1. The minimum absolute atomic E-state index is 0.675. The molecular weight excluding hydrogens is 188 g/mol. The largest absolute Gasteiger partial charge is 0.383 e. The second-order valence-electron chi connectivity index (χ2n) is 3.23. The molecule has 0 saturated heterocycles. The number of benzene rings is 1. The van der Waals surface area contributed by atoms with Gasteiger partial charge in [-0.25, -0.2) is 0 Å². The van der Waals surface area contributed by atoms with Crippen molar-refractivity contribution in [3.63, 3.8) is 0 Å². The molecule has 0 aromatic heterocycles. The van der Waals surface area contributed by atoms with Crippen molar-refractivity contribution in [2.45, 2.75) is 13.3 Å². The summed E-state index contributed by atoms with van der Waals surface area (Å²) in [5.41, 5.74) is 1.64. The highest BCUT2D eigenvalue weighted by atomic mass is 16.5. The maximum atomic E-state index is 8.70. The number of nitriles is 1. The molecule has 3 heteroatoms. The average molecular weight is 204 g/mol. The Morgan fingerprint density at radius 3 is 3.00 bits per heavy atom. The predicted molar refractivity (Wildman–Crippen MR) is 60.8 cm³/mol. The summed E-state index contributed by atoms with van der Waals surface area (Å²) in [4.78, 5) is 0. The van der Waals surface area contributed by atoms with E-state index in [-0.39, 0.29) is 0 Å². The summed E-state index contributed by atoms with van der Waals surface area (Å²) in [6.07, 6.45) is 1.05. The van der Waals surface area contributed by atoms with Crippen molar-refractivity contribution in [2.75, 3.05) is 25.1 Å². The highest BCUT2D eigenvalue weighted by Crippen LogP contribution is 2.08. The summed E-state index contributed by atoms with van der Waals surface area (Å²) in [5, 5.41) is 11.9. The summed E-state index contributed by atoms with van der Waals surface area (Å²) < 4.78 is 5.33. The Morgan fingerprint density at radius 2 is 2.27 bits per heavy atom. The van der Waals surface area contributed by atoms with Gasteiger partial charge in [0.1, 0.15) is 0 Å². The van der Waals surface area contributed by atoms with Gasteiger partial charge in [-0.2, -0.15) is 5.26 Å². The van der Waals surface area contributed by atoms with Gasteiger partial charge in [-0.3, -0.25) is 0 Å². The molecule has 0 heterocycles. The third-order valence-corrected chi connectivity index (χ3v) is 1.92. The number of ether oxygens (including phenoxy) is 1.